The maximum absolute atomic E-state index is 11.1. The third-order valence-electron chi connectivity index (χ3n) is 5.91. The van der Waals surface area contributed by atoms with Gasteiger partial charge in [-0.2, -0.15) is 0 Å². The second-order valence-electron chi connectivity index (χ2n) is 10.7. The quantitative estimate of drug-likeness (QED) is 0.451. The largest absolute Gasteiger partial charge is 0.481 e. The van der Waals surface area contributed by atoms with Crippen molar-refractivity contribution in [3.8, 4) is 0 Å². The molecule has 0 saturated heterocycles. The van der Waals surface area contributed by atoms with Gasteiger partial charge in [-0.25, -0.2) is 0 Å². The van der Waals surface area contributed by atoms with E-state index in [1.165, 1.54) is 17.5 Å². The summed E-state index contributed by atoms with van der Waals surface area (Å²) in [5, 5.41) is 11.3. The lowest BCUT2D eigenvalue weighted by atomic mass is 9.85. The first-order valence-electron chi connectivity index (χ1n) is 12.2. The van der Waals surface area contributed by atoms with Crippen LogP contribution in [0.4, 0.5) is 0 Å². The lowest BCUT2D eigenvalue weighted by Crippen LogP contribution is -2.34. The van der Waals surface area contributed by atoms with Gasteiger partial charge in [0.2, 0.25) is 5.91 Å². The summed E-state index contributed by atoms with van der Waals surface area (Å²) >= 11 is 0. The molecule has 32 heavy (non-hydrogen) atoms. The zero-order chi connectivity index (χ0) is 25.7. The summed E-state index contributed by atoms with van der Waals surface area (Å²) in [6.07, 6.45) is 2.82. The molecule has 186 valence electrons. The number of hydrogen-bond acceptors (Lipinski definition) is 2. The number of nitrogens with one attached hydrogen (secondary N) is 1. The fraction of sp³-hybridized carbons (Fsp3) is 0.714. The summed E-state index contributed by atoms with van der Waals surface area (Å²) in [7, 11) is 0. The Kier molecular flexibility index (Phi) is 15.2. The first kappa shape index (κ1) is 32.3. The van der Waals surface area contributed by atoms with Crippen molar-refractivity contribution in [3.63, 3.8) is 0 Å². The van der Waals surface area contributed by atoms with E-state index >= 15 is 0 Å². The third-order valence-corrected chi connectivity index (χ3v) is 5.91. The Balaban J connectivity index is 0. The van der Waals surface area contributed by atoms with Crippen LogP contribution in [0.1, 0.15) is 119 Å². The molecule has 0 bridgehead atoms. The van der Waals surface area contributed by atoms with Crippen molar-refractivity contribution >= 4 is 11.9 Å². The number of aliphatic carboxylic acids is 1. The summed E-state index contributed by atoms with van der Waals surface area (Å²) in [6.45, 7) is 24.5. The molecular weight excluding hydrogens is 398 g/mol. The van der Waals surface area contributed by atoms with E-state index in [1.807, 2.05) is 34.6 Å². The topological polar surface area (TPSA) is 66.4 Å². The van der Waals surface area contributed by atoms with Crippen LogP contribution in [0.2, 0.25) is 0 Å². The van der Waals surface area contributed by atoms with Crippen LogP contribution in [0.15, 0.2) is 24.3 Å². The first-order chi connectivity index (χ1) is 14.5. The molecule has 0 aliphatic rings. The van der Waals surface area contributed by atoms with E-state index in [1.54, 1.807) is 13.8 Å². The predicted octanol–water partition coefficient (Wildman–Crippen LogP) is 7.56. The number of carboxylic acids is 1. The molecule has 0 aromatic heterocycles. The highest BCUT2D eigenvalue weighted by Gasteiger charge is 2.23. The van der Waals surface area contributed by atoms with Crippen LogP contribution >= 0.6 is 0 Å². The van der Waals surface area contributed by atoms with Gasteiger partial charge in [-0.1, -0.05) is 79.7 Å². The highest BCUT2D eigenvalue weighted by molar-refractivity contribution is 5.78. The number of amides is 1. The molecule has 4 nitrogen and oxygen atoms in total. The Hall–Kier alpha value is -1.84. The van der Waals surface area contributed by atoms with Crippen molar-refractivity contribution in [3.05, 3.63) is 35.4 Å². The average Bonchev–Trinajstić information content (AvgIpc) is 2.72. The average molecular weight is 450 g/mol. The zero-order valence-corrected chi connectivity index (χ0v) is 22.9. The van der Waals surface area contributed by atoms with Gasteiger partial charge >= 0.3 is 5.97 Å². The van der Waals surface area contributed by atoms with Crippen molar-refractivity contribution < 1.29 is 14.7 Å². The van der Waals surface area contributed by atoms with E-state index in [2.05, 4.69) is 64.2 Å². The lowest BCUT2D eigenvalue weighted by molar-refractivity contribution is -0.147. The molecule has 0 fully saturated rings. The van der Waals surface area contributed by atoms with Crippen LogP contribution in [0, 0.1) is 11.3 Å². The van der Waals surface area contributed by atoms with Crippen LogP contribution in [-0.2, 0) is 15.0 Å². The molecule has 0 aliphatic carbocycles. The fourth-order valence-electron chi connectivity index (χ4n) is 2.31. The highest BCUT2D eigenvalue weighted by atomic mass is 16.4. The second kappa shape index (κ2) is 15.1. The number of carbonyl (C=O) groups is 2. The van der Waals surface area contributed by atoms with E-state index in [0.717, 1.165) is 6.42 Å². The minimum absolute atomic E-state index is 0.155. The summed E-state index contributed by atoms with van der Waals surface area (Å²) in [5.74, 6) is 0.281. The molecule has 0 aliphatic heterocycles. The minimum Gasteiger partial charge on any atom is -0.481 e. The van der Waals surface area contributed by atoms with Gasteiger partial charge in [0.25, 0.3) is 0 Å². The molecule has 2 N–H and O–H groups in total. The summed E-state index contributed by atoms with van der Waals surface area (Å²) in [6, 6.07) is 9.34. The molecular formula is C28H51NO3. The van der Waals surface area contributed by atoms with E-state index < -0.39 is 11.4 Å². The molecule has 1 amide bonds. The Morgan fingerprint density at radius 3 is 1.59 bits per heavy atom. The lowest BCUT2D eigenvalue weighted by Gasteiger charge is -2.20. The van der Waals surface area contributed by atoms with E-state index in [9.17, 15) is 9.59 Å². The first-order valence-corrected chi connectivity index (χ1v) is 12.2. The summed E-state index contributed by atoms with van der Waals surface area (Å²) in [5.41, 5.74) is 2.61. The molecule has 4 heteroatoms. The third kappa shape index (κ3) is 13.5. The van der Waals surface area contributed by atoms with Gasteiger partial charge in [0, 0.05) is 12.0 Å². The van der Waals surface area contributed by atoms with Gasteiger partial charge in [-0.15, -0.1) is 0 Å². The number of carboxylic acid groups (broad SMARTS) is 1. The van der Waals surface area contributed by atoms with Gasteiger partial charge in [0.1, 0.15) is 0 Å². The maximum atomic E-state index is 11.1. The van der Waals surface area contributed by atoms with Crippen LogP contribution < -0.4 is 5.32 Å². The number of rotatable bonds is 7. The normalized spacial score (nSPS) is 13.2. The molecule has 0 saturated carbocycles. The van der Waals surface area contributed by atoms with Crippen molar-refractivity contribution in [2.24, 2.45) is 11.3 Å². The van der Waals surface area contributed by atoms with Crippen molar-refractivity contribution in [2.75, 3.05) is 0 Å². The van der Waals surface area contributed by atoms with Crippen LogP contribution in [-0.4, -0.2) is 23.0 Å². The predicted molar refractivity (Wildman–Crippen MR) is 138 cm³/mol. The highest BCUT2D eigenvalue weighted by Crippen LogP contribution is 2.25. The Morgan fingerprint density at radius 1 is 0.875 bits per heavy atom. The molecule has 0 radical (unpaired) electrons. The Morgan fingerprint density at radius 2 is 1.34 bits per heavy atom. The minimum atomic E-state index is -0.722. The smallest absolute Gasteiger partial charge is 0.309 e. The van der Waals surface area contributed by atoms with Crippen LogP contribution in [0.3, 0.4) is 0 Å². The number of benzene rings is 1. The fourth-order valence-corrected chi connectivity index (χ4v) is 2.31. The number of hydrogen-bond donors (Lipinski definition) is 2. The second-order valence-corrected chi connectivity index (χ2v) is 10.7. The standard InChI is InChI=1S/C14H22.C8H17NO.C6H12O2/c1-6-11(2)12-7-9-13(10-8-12)14(3,4)5;1-5-7(4)8(10)9-6(2)3;1-4-6(2,3)5(7)8/h7-11H,6H2,1-5H3;6-7H,5H2,1-4H3,(H,9,10);4H2,1-3H3,(H,7,8). The summed E-state index contributed by atoms with van der Waals surface area (Å²) in [4.78, 5) is 21.3. The SMILES string of the molecule is CCC(C)(C)C(=O)O.CCC(C)C(=O)NC(C)C.CCC(C)c1ccc(C(C)(C)C)cc1. The van der Waals surface area contributed by atoms with Crippen molar-refractivity contribution in [2.45, 2.75) is 120 Å². The monoisotopic (exact) mass is 449 g/mol. The maximum Gasteiger partial charge on any atom is 0.309 e. The van der Waals surface area contributed by atoms with Crippen LogP contribution in [0.5, 0.6) is 0 Å². The van der Waals surface area contributed by atoms with Crippen molar-refractivity contribution in [1.82, 2.24) is 5.32 Å². The Bertz CT molecular complexity index is 654. The van der Waals surface area contributed by atoms with Crippen molar-refractivity contribution in [1.29, 1.82) is 0 Å². The zero-order valence-electron chi connectivity index (χ0n) is 22.9. The molecule has 0 heterocycles. The van der Waals surface area contributed by atoms with Gasteiger partial charge in [0.15, 0.2) is 0 Å². The molecule has 2 unspecified atom stereocenters. The molecule has 1 aromatic rings. The van der Waals surface area contributed by atoms with Gasteiger partial charge in [-0.3, -0.25) is 9.59 Å². The molecule has 2 atom stereocenters. The summed E-state index contributed by atoms with van der Waals surface area (Å²) < 4.78 is 0. The van der Waals surface area contributed by atoms with Gasteiger partial charge in [0.05, 0.1) is 5.41 Å². The van der Waals surface area contributed by atoms with E-state index in [-0.39, 0.29) is 23.3 Å². The number of carbonyl (C=O) groups excluding carboxylic acids is 1. The molecule has 1 rings (SSSR count). The Labute approximate surface area is 198 Å². The van der Waals surface area contributed by atoms with Gasteiger partial charge < -0.3 is 10.4 Å². The van der Waals surface area contributed by atoms with E-state index in [4.69, 9.17) is 5.11 Å². The molecule has 0 spiro atoms. The van der Waals surface area contributed by atoms with Crippen LogP contribution in [0.25, 0.3) is 0 Å². The molecule has 1 aromatic carbocycles. The van der Waals surface area contributed by atoms with E-state index in [0.29, 0.717) is 12.3 Å². The van der Waals surface area contributed by atoms with Gasteiger partial charge in [-0.05, 0) is 69.4 Å².